The van der Waals surface area contributed by atoms with Gasteiger partial charge in [0.1, 0.15) is 5.76 Å². The Bertz CT molecular complexity index is 584. The van der Waals surface area contributed by atoms with Crippen molar-refractivity contribution in [2.45, 2.75) is 33.4 Å². The summed E-state index contributed by atoms with van der Waals surface area (Å²) in [6.07, 6.45) is 0. The summed E-state index contributed by atoms with van der Waals surface area (Å²) in [7, 11) is 1.75. The molecule has 0 aliphatic heterocycles. The lowest BCUT2D eigenvalue weighted by Crippen LogP contribution is -2.38. The second kappa shape index (κ2) is 6.92. The topological polar surface area (TPSA) is 62.5 Å². The van der Waals surface area contributed by atoms with E-state index in [1.165, 1.54) is 5.56 Å². The first-order valence-electron chi connectivity index (χ1n) is 7.05. The molecule has 0 aliphatic rings. The van der Waals surface area contributed by atoms with Crippen molar-refractivity contribution in [1.29, 1.82) is 0 Å². The summed E-state index contributed by atoms with van der Waals surface area (Å²) in [5.74, 6) is 2.24. The summed E-state index contributed by atoms with van der Waals surface area (Å²) in [6.45, 7) is 6.46. The van der Waals surface area contributed by atoms with Crippen molar-refractivity contribution in [3.05, 3.63) is 53.2 Å². The molecule has 2 N–H and O–H groups in total. The van der Waals surface area contributed by atoms with Gasteiger partial charge in [-0.25, -0.2) is 4.98 Å². The number of rotatable bonds is 4. The monoisotopic (exact) mass is 286 g/mol. The Kier molecular flexibility index (Phi) is 4.98. The number of hydrogen-bond acceptors (Lipinski definition) is 3. The molecule has 2 aromatic rings. The van der Waals surface area contributed by atoms with E-state index in [-0.39, 0.29) is 6.04 Å². The number of benzene rings is 1. The summed E-state index contributed by atoms with van der Waals surface area (Å²) in [5.41, 5.74) is 2.13. The average Bonchev–Trinajstić information content (AvgIpc) is 2.82. The van der Waals surface area contributed by atoms with Gasteiger partial charge in [-0.1, -0.05) is 30.3 Å². The molecule has 5 heteroatoms. The fraction of sp³-hybridized carbons (Fsp3) is 0.375. The highest BCUT2D eigenvalue weighted by Gasteiger charge is 2.09. The van der Waals surface area contributed by atoms with Crippen molar-refractivity contribution >= 4 is 5.96 Å². The number of nitrogens with zero attached hydrogens (tertiary/aromatic N) is 2. The third kappa shape index (κ3) is 4.08. The first-order chi connectivity index (χ1) is 10.1. The molecule has 112 valence electrons. The van der Waals surface area contributed by atoms with Gasteiger partial charge in [-0.05, 0) is 26.3 Å². The summed E-state index contributed by atoms with van der Waals surface area (Å²) >= 11 is 0. The fourth-order valence-electron chi connectivity index (χ4n) is 2.00. The molecule has 1 aromatic carbocycles. The van der Waals surface area contributed by atoms with Gasteiger partial charge in [0.05, 0.1) is 18.3 Å². The molecule has 5 nitrogen and oxygen atoms in total. The smallest absolute Gasteiger partial charge is 0.214 e. The van der Waals surface area contributed by atoms with Gasteiger partial charge in [-0.2, -0.15) is 0 Å². The first-order valence-corrected chi connectivity index (χ1v) is 7.05. The Morgan fingerprint density at radius 3 is 2.57 bits per heavy atom. The average molecular weight is 286 g/mol. The molecule has 2 rings (SSSR count). The number of guanidine groups is 1. The van der Waals surface area contributed by atoms with E-state index in [2.05, 4.69) is 39.7 Å². The highest BCUT2D eigenvalue weighted by molar-refractivity contribution is 5.79. The molecule has 1 heterocycles. The summed E-state index contributed by atoms with van der Waals surface area (Å²) in [5, 5.41) is 6.55. The van der Waals surface area contributed by atoms with Crippen LogP contribution in [0.15, 0.2) is 39.7 Å². The maximum absolute atomic E-state index is 5.54. The van der Waals surface area contributed by atoms with Crippen LogP contribution in [-0.2, 0) is 6.54 Å². The van der Waals surface area contributed by atoms with Gasteiger partial charge in [0, 0.05) is 7.05 Å². The zero-order valence-electron chi connectivity index (χ0n) is 13.0. The van der Waals surface area contributed by atoms with Crippen LogP contribution >= 0.6 is 0 Å². The third-order valence-electron chi connectivity index (χ3n) is 3.36. The van der Waals surface area contributed by atoms with Gasteiger partial charge in [0.2, 0.25) is 5.89 Å². The highest BCUT2D eigenvalue weighted by atomic mass is 16.4. The maximum Gasteiger partial charge on any atom is 0.214 e. The van der Waals surface area contributed by atoms with E-state index in [4.69, 9.17) is 4.42 Å². The second-order valence-electron chi connectivity index (χ2n) is 4.95. The van der Waals surface area contributed by atoms with Crippen LogP contribution in [0.2, 0.25) is 0 Å². The SMILES string of the molecule is CN=C(NCc1nc(C)c(C)o1)NC(C)c1ccccc1. The van der Waals surface area contributed by atoms with Gasteiger partial charge in [0.15, 0.2) is 5.96 Å². The van der Waals surface area contributed by atoms with E-state index in [0.29, 0.717) is 12.4 Å². The van der Waals surface area contributed by atoms with Crippen molar-refractivity contribution in [2.75, 3.05) is 7.05 Å². The standard InChI is InChI=1S/C16H22N4O/c1-11-13(3)21-15(19-11)10-18-16(17-4)20-12(2)14-8-6-5-7-9-14/h5-9,12H,10H2,1-4H3,(H2,17,18,20). The lowest BCUT2D eigenvalue weighted by molar-refractivity contribution is 0.463. The van der Waals surface area contributed by atoms with E-state index >= 15 is 0 Å². The normalized spacial score (nSPS) is 13.0. The van der Waals surface area contributed by atoms with E-state index in [1.807, 2.05) is 32.0 Å². The summed E-state index contributed by atoms with van der Waals surface area (Å²) < 4.78 is 5.54. The molecule has 0 spiro atoms. The van der Waals surface area contributed by atoms with Gasteiger partial charge in [-0.15, -0.1) is 0 Å². The molecule has 1 aromatic heterocycles. The van der Waals surface area contributed by atoms with E-state index in [1.54, 1.807) is 7.05 Å². The maximum atomic E-state index is 5.54. The number of aliphatic imine (C=N–C) groups is 1. The minimum absolute atomic E-state index is 0.172. The van der Waals surface area contributed by atoms with E-state index < -0.39 is 0 Å². The number of hydrogen-bond donors (Lipinski definition) is 2. The van der Waals surface area contributed by atoms with Crippen molar-refractivity contribution in [2.24, 2.45) is 4.99 Å². The Labute approximate surface area is 125 Å². The molecule has 0 saturated heterocycles. The molecule has 0 fully saturated rings. The van der Waals surface area contributed by atoms with Crippen LogP contribution in [0.1, 0.15) is 35.9 Å². The van der Waals surface area contributed by atoms with Crippen LogP contribution in [0, 0.1) is 13.8 Å². The Hall–Kier alpha value is -2.30. The van der Waals surface area contributed by atoms with Gasteiger partial charge >= 0.3 is 0 Å². The van der Waals surface area contributed by atoms with Crippen LogP contribution in [0.4, 0.5) is 0 Å². The summed E-state index contributed by atoms with van der Waals surface area (Å²) in [4.78, 5) is 8.56. The lowest BCUT2D eigenvalue weighted by Gasteiger charge is -2.17. The van der Waals surface area contributed by atoms with Crippen molar-refractivity contribution in [1.82, 2.24) is 15.6 Å². The van der Waals surface area contributed by atoms with Crippen LogP contribution < -0.4 is 10.6 Å². The molecule has 0 radical (unpaired) electrons. The molecular weight excluding hydrogens is 264 g/mol. The van der Waals surface area contributed by atoms with Crippen LogP contribution in [0.5, 0.6) is 0 Å². The van der Waals surface area contributed by atoms with Gasteiger partial charge in [-0.3, -0.25) is 4.99 Å². The van der Waals surface area contributed by atoms with Crippen molar-refractivity contribution in [3.63, 3.8) is 0 Å². The minimum atomic E-state index is 0.172. The highest BCUT2D eigenvalue weighted by Crippen LogP contribution is 2.11. The number of nitrogens with one attached hydrogen (secondary N) is 2. The summed E-state index contributed by atoms with van der Waals surface area (Å²) in [6, 6.07) is 10.4. The molecule has 0 saturated carbocycles. The fourth-order valence-corrected chi connectivity index (χ4v) is 2.00. The minimum Gasteiger partial charge on any atom is -0.444 e. The second-order valence-corrected chi connectivity index (χ2v) is 4.95. The lowest BCUT2D eigenvalue weighted by atomic mass is 10.1. The third-order valence-corrected chi connectivity index (χ3v) is 3.36. The number of oxazole rings is 1. The molecule has 0 amide bonds. The molecular formula is C16H22N4O. The van der Waals surface area contributed by atoms with E-state index in [0.717, 1.165) is 17.4 Å². The van der Waals surface area contributed by atoms with Crippen LogP contribution in [0.25, 0.3) is 0 Å². The predicted octanol–water partition coefficient (Wildman–Crippen LogP) is 2.72. The molecule has 1 atom stereocenters. The Balaban J connectivity index is 1.92. The molecule has 1 unspecified atom stereocenters. The van der Waals surface area contributed by atoms with Gasteiger partial charge in [0.25, 0.3) is 0 Å². The first kappa shape index (κ1) is 15.1. The number of aryl methyl sites for hydroxylation is 2. The van der Waals surface area contributed by atoms with Crippen molar-refractivity contribution in [3.8, 4) is 0 Å². The largest absolute Gasteiger partial charge is 0.444 e. The Morgan fingerprint density at radius 1 is 1.29 bits per heavy atom. The number of aromatic nitrogens is 1. The van der Waals surface area contributed by atoms with Crippen LogP contribution in [0.3, 0.4) is 0 Å². The van der Waals surface area contributed by atoms with Gasteiger partial charge < -0.3 is 15.1 Å². The van der Waals surface area contributed by atoms with Crippen LogP contribution in [-0.4, -0.2) is 18.0 Å². The zero-order chi connectivity index (χ0) is 15.2. The quantitative estimate of drug-likeness (QED) is 0.670. The molecule has 0 aliphatic carbocycles. The molecule has 21 heavy (non-hydrogen) atoms. The molecule has 0 bridgehead atoms. The Morgan fingerprint density at radius 2 is 2.00 bits per heavy atom. The van der Waals surface area contributed by atoms with Crippen molar-refractivity contribution < 1.29 is 4.42 Å². The predicted molar refractivity (Wildman–Crippen MR) is 84.2 cm³/mol. The van der Waals surface area contributed by atoms with E-state index in [9.17, 15) is 0 Å². The zero-order valence-corrected chi connectivity index (χ0v) is 13.0.